The zero-order valence-electron chi connectivity index (χ0n) is 14.4. The molecule has 1 saturated heterocycles. The van der Waals surface area contributed by atoms with Crippen LogP contribution in [-0.2, 0) is 14.8 Å². The second-order valence-corrected chi connectivity index (χ2v) is 8.98. The molecule has 1 aliphatic heterocycles. The molecule has 9 heteroatoms. The first kappa shape index (κ1) is 20.1. The monoisotopic (exact) mass is 427 g/mol. The summed E-state index contributed by atoms with van der Waals surface area (Å²) >= 11 is 12.0. The Bertz CT molecular complexity index is 930. The summed E-state index contributed by atoms with van der Waals surface area (Å²) in [6.45, 7) is 1.20. The molecule has 1 aliphatic rings. The van der Waals surface area contributed by atoms with Crippen molar-refractivity contribution in [3.8, 4) is 0 Å². The van der Waals surface area contributed by atoms with Crippen LogP contribution in [0.3, 0.4) is 0 Å². The Balaban J connectivity index is 1.78. The summed E-state index contributed by atoms with van der Waals surface area (Å²) in [5, 5.41) is 0.426. The summed E-state index contributed by atoms with van der Waals surface area (Å²) in [4.78, 5) is 13.9. The highest BCUT2D eigenvalue weighted by Crippen LogP contribution is 2.29. The van der Waals surface area contributed by atoms with Crippen molar-refractivity contribution >= 4 is 39.1 Å². The van der Waals surface area contributed by atoms with Crippen molar-refractivity contribution in [1.82, 2.24) is 9.21 Å². The van der Waals surface area contributed by atoms with Crippen molar-refractivity contribution in [3.63, 3.8) is 0 Å². The van der Waals surface area contributed by atoms with Crippen molar-refractivity contribution in [2.75, 3.05) is 26.2 Å². The van der Waals surface area contributed by atoms with E-state index in [0.717, 1.165) is 5.56 Å². The number of sulfonamides is 1. The van der Waals surface area contributed by atoms with Crippen LogP contribution in [0.5, 0.6) is 0 Å². The van der Waals surface area contributed by atoms with Gasteiger partial charge >= 0.3 is 0 Å². The van der Waals surface area contributed by atoms with E-state index in [2.05, 4.69) is 0 Å². The number of hydrogen-bond donors (Lipinski definition) is 1. The second kappa shape index (κ2) is 8.16. The van der Waals surface area contributed by atoms with E-state index in [0.29, 0.717) is 18.1 Å². The van der Waals surface area contributed by atoms with Gasteiger partial charge in [0.05, 0.1) is 5.02 Å². The number of halogens is 2. The molecule has 0 saturated carbocycles. The lowest BCUT2D eigenvalue weighted by Crippen LogP contribution is -2.51. The van der Waals surface area contributed by atoms with Crippen LogP contribution in [0.15, 0.2) is 53.4 Å². The summed E-state index contributed by atoms with van der Waals surface area (Å²) in [6, 6.07) is 13.0. The highest BCUT2D eigenvalue weighted by Gasteiger charge is 2.34. The summed E-state index contributed by atoms with van der Waals surface area (Å²) in [6.07, 6.45) is 0. The van der Waals surface area contributed by atoms with Gasteiger partial charge in [-0.15, -0.1) is 0 Å². The summed E-state index contributed by atoms with van der Waals surface area (Å²) < 4.78 is 27.2. The predicted molar refractivity (Wildman–Crippen MR) is 105 cm³/mol. The molecule has 2 aromatic rings. The van der Waals surface area contributed by atoms with E-state index >= 15 is 0 Å². The first-order valence-corrected chi connectivity index (χ1v) is 10.5. The molecular weight excluding hydrogens is 409 g/mol. The van der Waals surface area contributed by atoms with Crippen LogP contribution < -0.4 is 5.73 Å². The van der Waals surface area contributed by atoms with Crippen molar-refractivity contribution in [2.45, 2.75) is 10.9 Å². The molecule has 1 unspecified atom stereocenters. The molecule has 1 amide bonds. The molecule has 1 atom stereocenters. The molecule has 0 spiro atoms. The number of benzene rings is 2. The van der Waals surface area contributed by atoms with Gasteiger partial charge in [0.15, 0.2) is 0 Å². The summed E-state index contributed by atoms with van der Waals surface area (Å²) in [5.74, 6) is -0.463. The van der Waals surface area contributed by atoms with Crippen LogP contribution in [0, 0.1) is 0 Å². The topological polar surface area (TPSA) is 83.7 Å². The van der Waals surface area contributed by atoms with Crippen molar-refractivity contribution in [2.24, 2.45) is 5.73 Å². The fourth-order valence-corrected chi connectivity index (χ4v) is 5.37. The predicted octanol–water partition coefficient (Wildman–Crippen LogP) is 2.53. The van der Waals surface area contributed by atoms with E-state index < -0.39 is 22.0 Å². The maximum Gasteiger partial charge on any atom is 0.244 e. The average Bonchev–Trinajstić information content (AvgIpc) is 2.65. The molecular formula is C18H19Cl2N3O3S. The van der Waals surface area contributed by atoms with E-state index in [1.807, 2.05) is 35.2 Å². The highest BCUT2D eigenvalue weighted by atomic mass is 35.5. The number of rotatable bonds is 5. The van der Waals surface area contributed by atoms with E-state index in [9.17, 15) is 13.2 Å². The molecule has 2 N–H and O–H groups in total. The molecule has 0 aliphatic carbocycles. The third kappa shape index (κ3) is 4.28. The molecule has 1 fully saturated rings. The Morgan fingerprint density at radius 3 is 2.22 bits per heavy atom. The number of carbonyl (C=O) groups is 1. The van der Waals surface area contributed by atoms with Gasteiger partial charge in [-0.25, -0.2) is 8.42 Å². The van der Waals surface area contributed by atoms with Crippen molar-refractivity contribution in [1.29, 1.82) is 0 Å². The third-order valence-electron chi connectivity index (χ3n) is 4.53. The van der Waals surface area contributed by atoms with Gasteiger partial charge < -0.3 is 5.73 Å². The normalized spacial score (nSPS) is 17.6. The lowest BCUT2D eigenvalue weighted by molar-refractivity contribution is -0.124. The fraction of sp³-hybridized carbons (Fsp3) is 0.278. The number of amides is 1. The Hall–Kier alpha value is -1.64. The minimum atomic E-state index is -3.78. The number of nitrogens with zero attached hydrogens (tertiary/aromatic N) is 2. The zero-order chi connectivity index (χ0) is 19.6. The smallest absolute Gasteiger partial charge is 0.244 e. The van der Waals surface area contributed by atoms with Crippen LogP contribution in [0.2, 0.25) is 10.0 Å². The molecule has 144 valence electrons. The largest absolute Gasteiger partial charge is 0.368 e. The van der Waals surface area contributed by atoms with Crippen LogP contribution in [0.4, 0.5) is 0 Å². The Kier molecular flexibility index (Phi) is 6.08. The van der Waals surface area contributed by atoms with Crippen LogP contribution in [-0.4, -0.2) is 49.7 Å². The van der Waals surface area contributed by atoms with Gasteiger partial charge in [0.1, 0.15) is 10.9 Å². The maximum absolute atomic E-state index is 12.9. The lowest BCUT2D eigenvalue weighted by atomic mass is 10.0. The third-order valence-corrected chi connectivity index (χ3v) is 7.15. The second-order valence-electron chi connectivity index (χ2n) is 6.23. The van der Waals surface area contributed by atoms with Gasteiger partial charge in [-0.3, -0.25) is 9.69 Å². The van der Waals surface area contributed by atoms with Crippen molar-refractivity contribution in [3.05, 3.63) is 64.1 Å². The number of piperazine rings is 1. The maximum atomic E-state index is 12.9. The number of hydrogen-bond acceptors (Lipinski definition) is 4. The minimum Gasteiger partial charge on any atom is -0.368 e. The van der Waals surface area contributed by atoms with Crippen LogP contribution >= 0.6 is 23.2 Å². The molecule has 0 aromatic heterocycles. The molecule has 27 heavy (non-hydrogen) atoms. The van der Waals surface area contributed by atoms with Gasteiger partial charge in [-0.05, 0) is 23.8 Å². The Labute approximate surface area is 168 Å². The molecule has 0 radical (unpaired) electrons. The first-order valence-electron chi connectivity index (χ1n) is 8.34. The van der Waals surface area contributed by atoms with Crippen LogP contribution in [0.25, 0.3) is 0 Å². The molecule has 1 heterocycles. The van der Waals surface area contributed by atoms with E-state index in [-0.39, 0.29) is 23.0 Å². The fourth-order valence-electron chi connectivity index (χ4n) is 3.21. The number of carbonyl (C=O) groups excluding carboxylic acids is 1. The Morgan fingerprint density at radius 1 is 1.00 bits per heavy atom. The summed E-state index contributed by atoms with van der Waals surface area (Å²) in [5.41, 5.74) is 6.39. The van der Waals surface area contributed by atoms with Gasteiger partial charge in [-0.1, -0.05) is 53.5 Å². The van der Waals surface area contributed by atoms with Crippen molar-refractivity contribution < 1.29 is 13.2 Å². The SMILES string of the molecule is NC(=O)C(c1ccccc1)N1CCN(S(=O)(=O)c2cc(Cl)ccc2Cl)CC1. The summed E-state index contributed by atoms with van der Waals surface area (Å²) in [7, 11) is -3.78. The van der Waals surface area contributed by atoms with E-state index in [4.69, 9.17) is 28.9 Å². The quantitative estimate of drug-likeness (QED) is 0.794. The molecule has 2 aromatic carbocycles. The average molecular weight is 428 g/mol. The van der Waals surface area contributed by atoms with Gasteiger partial charge in [0, 0.05) is 31.2 Å². The van der Waals surface area contributed by atoms with Gasteiger partial charge in [-0.2, -0.15) is 4.31 Å². The van der Waals surface area contributed by atoms with Gasteiger partial charge in [0.2, 0.25) is 15.9 Å². The molecule has 0 bridgehead atoms. The van der Waals surface area contributed by atoms with E-state index in [1.54, 1.807) is 0 Å². The standard InChI is InChI=1S/C18H19Cl2N3O3S/c19-14-6-7-15(20)16(12-14)27(25,26)23-10-8-22(9-11-23)17(18(21)24)13-4-2-1-3-5-13/h1-7,12,17H,8-11H2,(H2,21,24). The first-order chi connectivity index (χ1) is 12.8. The lowest BCUT2D eigenvalue weighted by Gasteiger charge is -2.37. The zero-order valence-corrected chi connectivity index (χ0v) is 16.7. The molecule has 6 nitrogen and oxygen atoms in total. The number of nitrogens with two attached hydrogens (primary N) is 1. The Morgan fingerprint density at radius 2 is 1.63 bits per heavy atom. The minimum absolute atomic E-state index is 0.0142. The van der Waals surface area contributed by atoms with Gasteiger partial charge in [0.25, 0.3) is 0 Å². The molecule has 3 rings (SSSR count). The van der Waals surface area contributed by atoms with Crippen LogP contribution in [0.1, 0.15) is 11.6 Å². The number of primary amides is 1. The highest BCUT2D eigenvalue weighted by molar-refractivity contribution is 7.89. The van der Waals surface area contributed by atoms with E-state index in [1.165, 1.54) is 22.5 Å².